The lowest BCUT2D eigenvalue weighted by molar-refractivity contribution is -0.910. The van der Waals surface area contributed by atoms with Gasteiger partial charge in [-0.2, -0.15) is 0 Å². The number of carbonyl (C=O) groups is 2. The third-order valence-electron chi connectivity index (χ3n) is 4.47. The molecule has 0 aliphatic carbocycles. The smallest absolute Gasteiger partial charge is 0.279 e. The van der Waals surface area contributed by atoms with E-state index in [2.05, 4.69) is 10.6 Å². The van der Waals surface area contributed by atoms with Crippen LogP contribution in [0.2, 0.25) is 20.1 Å². The average molecular weight is 494 g/mol. The monoisotopic (exact) mass is 492 g/mol. The van der Waals surface area contributed by atoms with Gasteiger partial charge in [0.15, 0.2) is 13.1 Å². The van der Waals surface area contributed by atoms with Gasteiger partial charge in [-0.25, -0.2) is 0 Å². The number of carbonyl (C=O) groups excluding carboxylic acids is 2. The van der Waals surface area contributed by atoms with Crippen LogP contribution in [0.4, 0.5) is 11.4 Å². The topological polar surface area (TPSA) is 82.9 Å². The standard InChI is InChI=1S/C20H21Cl4N3O3/c1-2-14(11-28)27(9-19(29)25-12-3-5-15(21)17(23)7-12)10-20(30)26-13-4-6-16(22)18(24)8-13/h3-8,14,28H,2,9-11H2,1H3,(H,25,29)(H,26,30)/p+1/t14-/m0/s1. The van der Waals surface area contributed by atoms with Crippen molar-refractivity contribution in [2.75, 3.05) is 30.3 Å². The van der Waals surface area contributed by atoms with Crippen molar-refractivity contribution in [2.24, 2.45) is 0 Å². The van der Waals surface area contributed by atoms with E-state index < -0.39 is 0 Å². The van der Waals surface area contributed by atoms with Gasteiger partial charge in [0.25, 0.3) is 11.8 Å². The first-order valence-corrected chi connectivity index (χ1v) is 10.7. The van der Waals surface area contributed by atoms with Crippen LogP contribution in [0.15, 0.2) is 36.4 Å². The van der Waals surface area contributed by atoms with Crippen molar-refractivity contribution in [3.8, 4) is 0 Å². The number of anilines is 2. The first-order valence-electron chi connectivity index (χ1n) is 9.18. The van der Waals surface area contributed by atoms with E-state index in [0.717, 1.165) is 0 Å². The highest BCUT2D eigenvalue weighted by Gasteiger charge is 2.26. The molecular formula is C20H22Cl4N3O3+. The minimum absolute atomic E-state index is 0.0197. The molecule has 162 valence electrons. The number of amides is 2. The van der Waals surface area contributed by atoms with E-state index >= 15 is 0 Å². The summed E-state index contributed by atoms with van der Waals surface area (Å²) in [7, 11) is 0. The summed E-state index contributed by atoms with van der Waals surface area (Å²) in [5, 5.41) is 16.6. The quantitative estimate of drug-likeness (QED) is 0.431. The Morgan fingerprint density at radius 1 is 0.867 bits per heavy atom. The Morgan fingerprint density at radius 2 is 1.30 bits per heavy atom. The summed E-state index contributed by atoms with van der Waals surface area (Å²) in [6.07, 6.45) is 0.589. The molecule has 4 N–H and O–H groups in total. The molecule has 0 aliphatic heterocycles. The van der Waals surface area contributed by atoms with Gasteiger partial charge in [-0.05, 0) is 42.8 Å². The fraction of sp³-hybridized carbons (Fsp3) is 0.300. The van der Waals surface area contributed by atoms with E-state index in [1.54, 1.807) is 36.4 Å². The molecule has 6 nitrogen and oxygen atoms in total. The second kappa shape index (κ2) is 11.7. The number of aliphatic hydroxyl groups is 1. The number of rotatable bonds is 9. The van der Waals surface area contributed by atoms with Crippen LogP contribution >= 0.6 is 46.4 Å². The maximum atomic E-state index is 12.5. The van der Waals surface area contributed by atoms with Gasteiger partial charge in [-0.1, -0.05) is 53.3 Å². The largest absolute Gasteiger partial charge is 0.390 e. The molecule has 0 fully saturated rings. The lowest BCUT2D eigenvalue weighted by Crippen LogP contribution is -3.18. The molecule has 0 saturated carbocycles. The van der Waals surface area contributed by atoms with E-state index in [4.69, 9.17) is 46.4 Å². The normalized spacial score (nSPS) is 12.0. The highest BCUT2D eigenvalue weighted by molar-refractivity contribution is 6.42. The maximum Gasteiger partial charge on any atom is 0.279 e. The van der Waals surface area contributed by atoms with Gasteiger partial charge in [0.1, 0.15) is 6.04 Å². The van der Waals surface area contributed by atoms with Crippen molar-refractivity contribution >= 4 is 69.6 Å². The zero-order valence-electron chi connectivity index (χ0n) is 16.1. The highest BCUT2D eigenvalue weighted by atomic mass is 35.5. The zero-order valence-corrected chi connectivity index (χ0v) is 19.2. The average Bonchev–Trinajstić information content (AvgIpc) is 2.68. The van der Waals surface area contributed by atoms with Gasteiger partial charge in [-0.15, -0.1) is 0 Å². The number of nitrogens with one attached hydrogen (secondary N) is 3. The van der Waals surface area contributed by atoms with Crippen LogP contribution in [-0.4, -0.2) is 42.7 Å². The van der Waals surface area contributed by atoms with Gasteiger partial charge in [0.2, 0.25) is 0 Å². The Kier molecular flexibility index (Phi) is 9.68. The van der Waals surface area contributed by atoms with Crippen molar-refractivity contribution in [3.63, 3.8) is 0 Å². The van der Waals surface area contributed by atoms with Crippen LogP contribution in [0.1, 0.15) is 13.3 Å². The number of quaternary nitrogens is 1. The molecule has 30 heavy (non-hydrogen) atoms. The first-order chi connectivity index (χ1) is 14.2. The molecule has 2 rings (SSSR count). The molecule has 0 bridgehead atoms. The van der Waals surface area contributed by atoms with Gasteiger partial charge in [0.05, 0.1) is 26.7 Å². The summed E-state index contributed by atoms with van der Waals surface area (Å²) in [5.41, 5.74) is 0.983. The number of halogens is 4. The van der Waals surface area contributed by atoms with E-state index in [1.807, 2.05) is 6.92 Å². The second-order valence-electron chi connectivity index (χ2n) is 6.65. The third-order valence-corrected chi connectivity index (χ3v) is 5.95. The lowest BCUT2D eigenvalue weighted by Gasteiger charge is -2.25. The molecule has 0 aromatic heterocycles. The molecule has 0 spiro atoms. The van der Waals surface area contributed by atoms with Gasteiger partial charge in [0, 0.05) is 11.4 Å². The number of aliphatic hydroxyl groups excluding tert-OH is 1. The Balaban J connectivity index is 2.05. The van der Waals surface area contributed by atoms with Crippen LogP contribution < -0.4 is 15.5 Å². The molecule has 1 atom stereocenters. The van der Waals surface area contributed by atoms with Gasteiger partial charge in [-0.3, -0.25) is 9.59 Å². The molecule has 2 amide bonds. The molecule has 0 radical (unpaired) electrons. The molecule has 0 aliphatic rings. The predicted octanol–water partition coefficient (Wildman–Crippen LogP) is 3.53. The zero-order chi connectivity index (χ0) is 22.3. The number of benzene rings is 2. The van der Waals surface area contributed by atoms with Crippen molar-refractivity contribution in [1.82, 2.24) is 0 Å². The van der Waals surface area contributed by atoms with Crippen molar-refractivity contribution in [1.29, 1.82) is 0 Å². The molecule has 2 aromatic carbocycles. The van der Waals surface area contributed by atoms with E-state index in [9.17, 15) is 14.7 Å². The van der Waals surface area contributed by atoms with Crippen molar-refractivity contribution in [2.45, 2.75) is 19.4 Å². The molecule has 0 heterocycles. The van der Waals surface area contributed by atoms with Crippen LogP contribution in [0, 0.1) is 0 Å². The van der Waals surface area contributed by atoms with Gasteiger partial charge < -0.3 is 20.6 Å². The minimum Gasteiger partial charge on any atom is -0.390 e. The van der Waals surface area contributed by atoms with Gasteiger partial charge >= 0.3 is 0 Å². The van der Waals surface area contributed by atoms with E-state index in [0.29, 0.717) is 42.8 Å². The highest BCUT2D eigenvalue weighted by Crippen LogP contribution is 2.25. The Labute approximate surface area is 195 Å². The molecular weight excluding hydrogens is 472 g/mol. The second-order valence-corrected chi connectivity index (χ2v) is 8.28. The Morgan fingerprint density at radius 3 is 1.63 bits per heavy atom. The van der Waals surface area contributed by atoms with Crippen molar-refractivity contribution < 1.29 is 19.6 Å². The van der Waals surface area contributed by atoms with Crippen molar-refractivity contribution in [3.05, 3.63) is 56.5 Å². The fourth-order valence-electron chi connectivity index (χ4n) is 2.87. The van der Waals surface area contributed by atoms with Crippen LogP contribution in [0.5, 0.6) is 0 Å². The molecule has 0 unspecified atom stereocenters. The number of hydrogen-bond acceptors (Lipinski definition) is 3. The summed E-state index contributed by atoms with van der Waals surface area (Å²) in [6, 6.07) is 9.22. The summed E-state index contributed by atoms with van der Waals surface area (Å²) in [6.45, 7) is 1.68. The van der Waals surface area contributed by atoms with Crippen LogP contribution in [0.3, 0.4) is 0 Å². The molecule has 0 saturated heterocycles. The fourth-order valence-corrected chi connectivity index (χ4v) is 3.46. The van der Waals surface area contributed by atoms with Crippen LogP contribution in [-0.2, 0) is 9.59 Å². The summed E-state index contributed by atoms with van der Waals surface area (Å²) in [4.78, 5) is 25.7. The minimum atomic E-state index is -0.322. The summed E-state index contributed by atoms with van der Waals surface area (Å²) < 4.78 is 0. The lowest BCUT2D eigenvalue weighted by atomic mass is 10.2. The van der Waals surface area contributed by atoms with E-state index in [-0.39, 0.29) is 37.6 Å². The Hall–Kier alpha value is -1.54. The molecule has 2 aromatic rings. The summed E-state index contributed by atoms with van der Waals surface area (Å²) in [5.74, 6) is -0.643. The summed E-state index contributed by atoms with van der Waals surface area (Å²) >= 11 is 23.7. The maximum absolute atomic E-state index is 12.5. The molecule has 10 heteroatoms. The third kappa shape index (κ3) is 7.30. The van der Waals surface area contributed by atoms with Crippen LogP contribution in [0.25, 0.3) is 0 Å². The predicted molar refractivity (Wildman–Crippen MR) is 122 cm³/mol. The SMILES string of the molecule is CC[C@@H](CO)[NH+](CC(=O)Nc1ccc(Cl)c(Cl)c1)CC(=O)Nc1ccc(Cl)c(Cl)c1. The number of hydrogen-bond donors (Lipinski definition) is 4. The van der Waals surface area contributed by atoms with E-state index in [1.165, 1.54) is 0 Å². The first kappa shape index (κ1) is 24.7. The Bertz CT molecular complexity index is 839.